The van der Waals surface area contributed by atoms with Crippen molar-refractivity contribution in [2.45, 2.75) is 13.0 Å². The van der Waals surface area contributed by atoms with Gasteiger partial charge in [0.1, 0.15) is 0 Å². The molecule has 0 bridgehead atoms. The number of amides is 1. The van der Waals surface area contributed by atoms with Crippen molar-refractivity contribution in [3.8, 4) is 0 Å². The van der Waals surface area contributed by atoms with Crippen molar-refractivity contribution in [3.63, 3.8) is 0 Å². The molecule has 2 N–H and O–H groups in total. The Morgan fingerprint density at radius 3 is 2.36 bits per heavy atom. The minimum absolute atomic E-state index is 0.0308. The maximum Gasteiger partial charge on any atom is 0.224 e. The zero-order chi connectivity index (χ0) is 10.4. The lowest BCUT2D eigenvalue weighted by atomic mass is 10.1. The Morgan fingerprint density at radius 1 is 1.29 bits per heavy atom. The molecule has 1 amide bonds. The van der Waals surface area contributed by atoms with Gasteiger partial charge in [-0.25, -0.2) is 0 Å². The van der Waals surface area contributed by atoms with Crippen LogP contribution in [0.5, 0.6) is 0 Å². The van der Waals surface area contributed by atoms with Gasteiger partial charge in [-0.05, 0) is 18.1 Å². The number of aliphatic hydroxyl groups excluding tert-OH is 1. The topological polar surface area (TPSA) is 49.3 Å². The Balaban J connectivity index is 2.55. The molecule has 75 valence electrons. The fraction of sp³-hybridized carbons (Fsp3) is 0.273. The van der Waals surface area contributed by atoms with Crippen molar-refractivity contribution in [2.75, 3.05) is 6.54 Å². The standard InChI is InChI=1S/C11H14NO2/c1-2-12-11(14)7-9-3-5-10(8-13)6-4-9/h3-6,13H,1-2,7-8H2,(H,12,14). The average Bonchev–Trinajstić information content (AvgIpc) is 2.19. The third kappa shape index (κ3) is 3.18. The van der Waals surface area contributed by atoms with Gasteiger partial charge < -0.3 is 10.4 Å². The molecule has 0 aliphatic heterocycles. The fourth-order valence-electron chi connectivity index (χ4n) is 1.15. The van der Waals surface area contributed by atoms with Crippen molar-refractivity contribution >= 4 is 5.91 Å². The summed E-state index contributed by atoms with van der Waals surface area (Å²) in [7, 11) is 0. The summed E-state index contributed by atoms with van der Waals surface area (Å²) >= 11 is 0. The van der Waals surface area contributed by atoms with E-state index in [1.165, 1.54) is 0 Å². The summed E-state index contributed by atoms with van der Waals surface area (Å²) in [4.78, 5) is 11.2. The SMILES string of the molecule is [CH2]CNC(=O)Cc1ccc(CO)cc1. The van der Waals surface area contributed by atoms with Crippen LogP contribution in [0.3, 0.4) is 0 Å². The minimum Gasteiger partial charge on any atom is -0.392 e. The second kappa shape index (κ2) is 5.40. The number of carbonyl (C=O) groups excluding carboxylic acids is 1. The van der Waals surface area contributed by atoms with E-state index in [0.717, 1.165) is 11.1 Å². The molecule has 0 aliphatic rings. The molecule has 3 nitrogen and oxygen atoms in total. The largest absolute Gasteiger partial charge is 0.392 e. The van der Waals surface area contributed by atoms with Crippen LogP contribution in [0.25, 0.3) is 0 Å². The summed E-state index contributed by atoms with van der Waals surface area (Å²) in [5, 5.41) is 11.4. The molecule has 0 aromatic heterocycles. The van der Waals surface area contributed by atoms with E-state index >= 15 is 0 Å². The van der Waals surface area contributed by atoms with Gasteiger partial charge in [0.2, 0.25) is 5.91 Å². The molecular weight excluding hydrogens is 178 g/mol. The minimum atomic E-state index is -0.0308. The van der Waals surface area contributed by atoms with Crippen LogP contribution in [-0.4, -0.2) is 17.6 Å². The second-order valence-electron chi connectivity index (χ2n) is 3.00. The van der Waals surface area contributed by atoms with Gasteiger partial charge in [0.25, 0.3) is 0 Å². The lowest BCUT2D eigenvalue weighted by molar-refractivity contribution is -0.120. The number of rotatable bonds is 4. The number of aliphatic hydroxyl groups is 1. The molecule has 1 aromatic rings. The molecular formula is C11H14NO2. The highest BCUT2D eigenvalue weighted by atomic mass is 16.3. The molecule has 3 heteroatoms. The lowest BCUT2D eigenvalue weighted by Crippen LogP contribution is -2.24. The van der Waals surface area contributed by atoms with Crippen LogP contribution in [0.2, 0.25) is 0 Å². The van der Waals surface area contributed by atoms with Crippen LogP contribution >= 0.6 is 0 Å². The van der Waals surface area contributed by atoms with Crippen molar-refractivity contribution < 1.29 is 9.90 Å². The predicted octanol–water partition coefficient (Wildman–Crippen LogP) is 0.672. The molecule has 0 heterocycles. The van der Waals surface area contributed by atoms with Crippen LogP contribution in [0.4, 0.5) is 0 Å². The summed E-state index contributed by atoms with van der Waals surface area (Å²) in [5.74, 6) is -0.0308. The quantitative estimate of drug-likeness (QED) is 0.736. The maximum absolute atomic E-state index is 11.2. The normalized spacial score (nSPS) is 9.86. The molecule has 1 aromatic carbocycles. The molecule has 0 fully saturated rings. The second-order valence-corrected chi connectivity index (χ2v) is 3.00. The van der Waals surface area contributed by atoms with Crippen molar-refractivity contribution in [2.24, 2.45) is 0 Å². The van der Waals surface area contributed by atoms with E-state index in [-0.39, 0.29) is 12.5 Å². The Labute approximate surface area is 83.8 Å². The first-order valence-corrected chi connectivity index (χ1v) is 4.51. The summed E-state index contributed by atoms with van der Waals surface area (Å²) in [6.45, 7) is 3.97. The summed E-state index contributed by atoms with van der Waals surface area (Å²) < 4.78 is 0. The zero-order valence-electron chi connectivity index (χ0n) is 7.99. The Morgan fingerprint density at radius 2 is 1.86 bits per heavy atom. The zero-order valence-corrected chi connectivity index (χ0v) is 7.99. The Hall–Kier alpha value is -1.35. The Kier molecular flexibility index (Phi) is 4.13. The smallest absolute Gasteiger partial charge is 0.224 e. The highest BCUT2D eigenvalue weighted by molar-refractivity contribution is 5.78. The highest BCUT2D eigenvalue weighted by Crippen LogP contribution is 2.04. The van der Waals surface area contributed by atoms with E-state index in [2.05, 4.69) is 12.2 Å². The molecule has 0 saturated heterocycles. The molecule has 0 saturated carbocycles. The summed E-state index contributed by atoms with van der Waals surface area (Å²) in [6, 6.07) is 7.31. The van der Waals surface area contributed by atoms with Gasteiger partial charge >= 0.3 is 0 Å². The van der Waals surface area contributed by atoms with Crippen LogP contribution in [0, 0.1) is 6.92 Å². The monoisotopic (exact) mass is 192 g/mol. The first kappa shape index (κ1) is 10.7. The van der Waals surface area contributed by atoms with Crippen LogP contribution < -0.4 is 5.32 Å². The van der Waals surface area contributed by atoms with E-state index in [1.54, 1.807) is 0 Å². The van der Waals surface area contributed by atoms with E-state index < -0.39 is 0 Å². The molecule has 1 radical (unpaired) electrons. The predicted molar refractivity (Wildman–Crippen MR) is 54.4 cm³/mol. The number of benzene rings is 1. The van der Waals surface area contributed by atoms with Gasteiger partial charge in [-0.2, -0.15) is 0 Å². The number of hydrogen-bond donors (Lipinski definition) is 2. The third-order valence-corrected chi connectivity index (χ3v) is 1.89. The van der Waals surface area contributed by atoms with Gasteiger partial charge in [0, 0.05) is 6.54 Å². The molecule has 0 unspecified atom stereocenters. The third-order valence-electron chi connectivity index (χ3n) is 1.89. The fourth-order valence-corrected chi connectivity index (χ4v) is 1.15. The molecule has 14 heavy (non-hydrogen) atoms. The van der Waals surface area contributed by atoms with Gasteiger partial charge in [-0.1, -0.05) is 24.3 Å². The first-order chi connectivity index (χ1) is 6.76. The molecule has 0 atom stereocenters. The summed E-state index contributed by atoms with van der Waals surface area (Å²) in [6.07, 6.45) is 0.362. The van der Waals surface area contributed by atoms with E-state index in [0.29, 0.717) is 13.0 Å². The van der Waals surface area contributed by atoms with Crippen molar-refractivity contribution in [1.29, 1.82) is 0 Å². The lowest BCUT2D eigenvalue weighted by Gasteiger charge is -2.02. The van der Waals surface area contributed by atoms with Crippen LogP contribution in [0.1, 0.15) is 11.1 Å². The van der Waals surface area contributed by atoms with Crippen LogP contribution in [-0.2, 0) is 17.8 Å². The van der Waals surface area contributed by atoms with Gasteiger partial charge in [-0.15, -0.1) is 0 Å². The molecule has 0 aliphatic carbocycles. The van der Waals surface area contributed by atoms with E-state index in [1.807, 2.05) is 24.3 Å². The van der Waals surface area contributed by atoms with Gasteiger partial charge in [0.05, 0.1) is 13.0 Å². The number of nitrogens with one attached hydrogen (secondary N) is 1. The van der Waals surface area contributed by atoms with Crippen molar-refractivity contribution in [3.05, 3.63) is 42.3 Å². The van der Waals surface area contributed by atoms with Gasteiger partial charge in [0.15, 0.2) is 0 Å². The first-order valence-electron chi connectivity index (χ1n) is 4.51. The maximum atomic E-state index is 11.2. The van der Waals surface area contributed by atoms with E-state index in [4.69, 9.17) is 5.11 Å². The van der Waals surface area contributed by atoms with Crippen molar-refractivity contribution in [1.82, 2.24) is 5.32 Å². The highest BCUT2D eigenvalue weighted by Gasteiger charge is 2.01. The molecule has 0 spiro atoms. The number of carbonyl (C=O) groups is 1. The van der Waals surface area contributed by atoms with Gasteiger partial charge in [-0.3, -0.25) is 4.79 Å². The molecule has 1 rings (SSSR count). The average molecular weight is 192 g/mol. The summed E-state index contributed by atoms with van der Waals surface area (Å²) in [5.41, 5.74) is 1.79. The Bertz CT molecular complexity index is 293. The van der Waals surface area contributed by atoms with E-state index in [9.17, 15) is 4.79 Å². The van der Waals surface area contributed by atoms with Crippen LogP contribution in [0.15, 0.2) is 24.3 Å². The number of hydrogen-bond acceptors (Lipinski definition) is 2.